The van der Waals surface area contributed by atoms with Crippen LogP contribution in [-0.4, -0.2) is 201 Å². The largest absolute Gasteiger partial charge is 0.481 e. The molecule has 1 aliphatic heterocycles. The molecule has 1 heterocycles. The van der Waals surface area contributed by atoms with Crippen LogP contribution in [-0.2, 0) is 64.0 Å². The SMILES string of the molecule is CC[C@H](C)[C@H](NC(=O)[C@H](CO)NC(=O)[C@@H]([NH3+])Cc1ccccc1)C(=O)N[C@H](C(=O)NCC(=O)N[C@@H](CO)C(=O)N[C@@H](CC(C)C)C(=O)N1CCC[C@H]1C(=O)N[C@@H](CCC[NH+]=C(N)N)C(=O)N[C@@H](CC(=O)O)C(=O)N[C@@H](CS)C(=O)O)C(C)C. The van der Waals surface area contributed by atoms with E-state index in [1.54, 1.807) is 53.7 Å². The number of nitrogens with two attached hydrogens (primary N) is 2. The van der Waals surface area contributed by atoms with Crippen LogP contribution in [0.15, 0.2) is 30.3 Å². The molecule has 30 nitrogen and oxygen atoms in total. The molecular weight excluding hydrogens is 1110 g/mol. The summed E-state index contributed by atoms with van der Waals surface area (Å²) in [6, 6.07) is -4.76. The maximum Gasteiger partial charge on any atom is 0.338 e. The average molecular weight is 1200 g/mol. The van der Waals surface area contributed by atoms with Crippen molar-refractivity contribution in [2.45, 2.75) is 153 Å². The van der Waals surface area contributed by atoms with Crippen LogP contribution in [0.1, 0.15) is 92.1 Å². The van der Waals surface area contributed by atoms with E-state index in [0.717, 1.165) is 5.56 Å². The molecule has 0 spiro atoms. The first-order valence-corrected chi connectivity index (χ1v) is 28.0. The van der Waals surface area contributed by atoms with E-state index in [0.29, 0.717) is 12.8 Å². The molecule has 0 aromatic heterocycles. The smallest absolute Gasteiger partial charge is 0.338 e. The number of hydrogen-bond donors (Lipinski definition) is 18. The van der Waals surface area contributed by atoms with Crippen LogP contribution in [0, 0.1) is 17.8 Å². The number of aliphatic hydroxyl groups is 2. The van der Waals surface area contributed by atoms with Crippen molar-refractivity contribution in [2.75, 3.05) is 38.6 Å². The Bertz CT molecular complexity index is 2430. The van der Waals surface area contributed by atoms with Crippen molar-refractivity contribution in [1.82, 2.24) is 52.8 Å². The standard InChI is InChI=1S/C52H84N14O16S/c1-7-28(6)41(65-46(76)35(24-68)62-42(72)30(53)20-29-13-9-8-10-14-29)49(79)64-40(27(4)5)48(78)57-22-38(69)58-34(23-67)45(75)61-33(19-26(2)3)50(80)66-18-12-16-37(66)47(77)59-31(15-11-17-56-52(54)55)43(73)60-32(21-39(70)71)44(74)63-36(25-83)51(81)82/h8-10,13-14,26-28,30-37,40-41,67-68,83H,7,11-12,15-25,53H2,1-6H3,(H,57,78)(H,58,69)(H,59,77)(H,60,73)(H,61,75)(H,62,72)(H,63,74)(H,64,79)(H,65,76)(H,70,71)(H,81,82)(H4,54,55,56)/p+2/t28-,30-,31-,32-,33-,34-,35-,36-,37-,40-,41-/m0/s1. The molecule has 1 fully saturated rings. The van der Waals surface area contributed by atoms with E-state index in [9.17, 15) is 78.0 Å². The number of benzene rings is 1. The Morgan fingerprint density at radius 2 is 1.25 bits per heavy atom. The number of amides is 10. The zero-order chi connectivity index (χ0) is 62.7. The molecule has 1 aromatic carbocycles. The maximum absolute atomic E-state index is 14.3. The van der Waals surface area contributed by atoms with Gasteiger partial charge in [0.15, 0.2) is 6.04 Å². The van der Waals surface area contributed by atoms with Gasteiger partial charge in [0.25, 0.3) is 5.91 Å². The van der Waals surface area contributed by atoms with Crippen LogP contribution < -0.4 is 70.0 Å². The number of aliphatic hydroxyl groups excluding tert-OH is 2. The first kappa shape index (κ1) is 71.5. The van der Waals surface area contributed by atoms with Gasteiger partial charge in [0.05, 0.1) is 32.7 Å². The third-order valence-electron chi connectivity index (χ3n) is 13.4. The minimum absolute atomic E-state index is 0.00845. The van der Waals surface area contributed by atoms with Crippen molar-refractivity contribution in [3.8, 4) is 0 Å². The number of thiol groups is 1. The Hall–Kier alpha value is -7.64. The molecule has 1 aromatic rings. The highest BCUT2D eigenvalue weighted by Gasteiger charge is 2.41. The third-order valence-corrected chi connectivity index (χ3v) is 13.8. The monoisotopic (exact) mass is 1190 g/mol. The van der Waals surface area contributed by atoms with Crippen molar-refractivity contribution in [3.05, 3.63) is 35.9 Å². The molecule has 21 N–H and O–H groups in total. The quantitative estimate of drug-likeness (QED) is 0.0128. The van der Waals surface area contributed by atoms with E-state index in [2.05, 4.69) is 71.2 Å². The summed E-state index contributed by atoms with van der Waals surface area (Å²) < 4.78 is 0. The lowest BCUT2D eigenvalue weighted by atomic mass is 9.96. The molecule has 11 atom stereocenters. The number of likely N-dealkylation sites (tertiary alicyclic amines) is 1. The van der Waals surface area contributed by atoms with Crippen LogP contribution in [0.25, 0.3) is 0 Å². The van der Waals surface area contributed by atoms with E-state index in [1.165, 1.54) is 4.90 Å². The van der Waals surface area contributed by atoms with Gasteiger partial charge in [0, 0.05) is 18.7 Å². The lowest BCUT2D eigenvalue weighted by molar-refractivity contribution is -0.459. The van der Waals surface area contributed by atoms with Crippen LogP contribution in [0.4, 0.5) is 0 Å². The minimum atomic E-state index is -1.80. The maximum atomic E-state index is 14.3. The number of carbonyl (C=O) groups excluding carboxylic acids is 10. The van der Waals surface area contributed by atoms with Gasteiger partial charge in [-0.3, -0.25) is 69.2 Å². The molecule has 0 saturated carbocycles. The number of guanidine groups is 1. The highest BCUT2D eigenvalue weighted by molar-refractivity contribution is 7.80. The Labute approximate surface area is 486 Å². The number of hydrogen-bond acceptors (Lipinski definition) is 15. The highest BCUT2D eigenvalue weighted by Crippen LogP contribution is 2.21. The number of quaternary nitrogens is 1. The topological polar surface area (TPSA) is 491 Å². The van der Waals surface area contributed by atoms with Crippen molar-refractivity contribution in [3.63, 3.8) is 0 Å². The predicted molar refractivity (Wildman–Crippen MR) is 300 cm³/mol. The molecule has 0 radical (unpaired) electrons. The van der Waals surface area contributed by atoms with Gasteiger partial charge < -0.3 is 78.9 Å². The zero-order valence-electron chi connectivity index (χ0n) is 47.7. The van der Waals surface area contributed by atoms with Crippen LogP contribution in [0.3, 0.4) is 0 Å². The molecule has 83 heavy (non-hydrogen) atoms. The number of carboxylic acid groups (broad SMARTS) is 2. The summed E-state index contributed by atoms with van der Waals surface area (Å²) in [7, 11) is 0. The summed E-state index contributed by atoms with van der Waals surface area (Å²) in [5, 5.41) is 61.1. The van der Waals surface area contributed by atoms with Gasteiger partial charge in [-0.25, -0.2) is 4.79 Å². The molecule has 0 unspecified atom stereocenters. The minimum Gasteiger partial charge on any atom is -0.481 e. The number of rotatable bonds is 36. The normalized spacial score (nSPS) is 16.6. The van der Waals surface area contributed by atoms with Crippen LogP contribution in [0.2, 0.25) is 0 Å². The first-order chi connectivity index (χ1) is 39.1. The second-order valence-corrected chi connectivity index (χ2v) is 21.3. The summed E-state index contributed by atoms with van der Waals surface area (Å²) >= 11 is 3.88. The van der Waals surface area contributed by atoms with Crippen LogP contribution >= 0.6 is 12.6 Å². The Balaban J connectivity index is 2.20. The van der Waals surface area contributed by atoms with Crippen molar-refractivity contribution in [2.24, 2.45) is 29.2 Å². The molecule has 0 bridgehead atoms. The highest BCUT2D eigenvalue weighted by atomic mass is 32.1. The number of nitrogens with zero attached hydrogens (tertiary/aromatic N) is 1. The van der Waals surface area contributed by atoms with Gasteiger partial charge in [0.1, 0.15) is 54.4 Å². The summed E-state index contributed by atoms with van der Waals surface area (Å²) in [5.74, 6) is -13.7. The van der Waals surface area contributed by atoms with Gasteiger partial charge in [-0.1, -0.05) is 78.3 Å². The summed E-state index contributed by atoms with van der Waals surface area (Å²) in [4.78, 5) is 163. The summed E-state index contributed by atoms with van der Waals surface area (Å²) in [6.07, 6.45) is 0.0517. The number of carboxylic acids is 2. The number of nitrogens with one attached hydrogen (secondary N) is 10. The number of carbonyl (C=O) groups is 12. The van der Waals surface area contributed by atoms with E-state index >= 15 is 0 Å². The van der Waals surface area contributed by atoms with Gasteiger partial charge in [-0.05, 0) is 55.4 Å². The predicted octanol–water partition coefficient (Wildman–Crippen LogP) is -7.82. The van der Waals surface area contributed by atoms with E-state index in [4.69, 9.17) is 11.5 Å². The Kier molecular flexibility index (Phi) is 31.0. The van der Waals surface area contributed by atoms with E-state index in [1.807, 2.05) is 18.2 Å². The van der Waals surface area contributed by atoms with E-state index < -0.39 is 169 Å². The fourth-order valence-electron chi connectivity index (χ4n) is 8.58. The van der Waals surface area contributed by atoms with Crippen molar-refractivity contribution in [1.29, 1.82) is 0 Å². The Morgan fingerprint density at radius 3 is 1.81 bits per heavy atom. The van der Waals surface area contributed by atoms with Gasteiger partial charge >= 0.3 is 17.9 Å². The van der Waals surface area contributed by atoms with E-state index in [-0.39, 0.29) is 62.8 Å². The zero-order valence-corrected chi connectivity index (χ0v) is 48.6. The lowest BCUT2D eigenvalue weighted by Gasteiger charge is -2.31. The van der Waals surface area contributed by atoms with Gasteiger partial charge in [-0.15, -0.1) is 0 Å². The fraction of sp³-hybridized carbons (Fsp3) is 0.635. The third kappa shape index (κ3) is 24.4. The fourth-order valence-corrected chi connectivity index (χ4v) is 8.83. The summed E-state index contributed by atoms with van der Waals surface area (Å²) in [6.45, 7) is 7.73. The molecular formula is C52H86N14O16S+2. The molecule has 1 saturated heterocycles. The molecule has 2 rings (SSSR count). The second kappa shape index (κ2) is 36.1. The average Bonchev–Trinajstić information content (AvgIpc) is 4.23. The van der Waals surface area contributed by atoms with Crippen molar-refractivity contribution < 1.29 is 88.7 Å². The van der Waals surface area contributed by atoms with Crippen molar-refractivity contribution >= 4 is 89.6 Å². The lowest BCUT2D eigenvalue weighted by Crippen LogP contribution is -2.78. The van der Waals surface area contributed by atoms with Crippen LogP contribution in [0.5, 0.6) is 0 Å². The molecule has 31 heteroatoms. The summed E-state index contributed by atoms with van der Waals surface area (Å²) in [5.41, 5.74) is 15.7. The second-order valence-electron chi connectivity index (χ2n) is 21.0. The molecule has 464 valence electrons. The molecule has 0 aliphatic carbocycles. The molecule has 10 amide bonds. The van der Waals surface area contributed by atoms with Gasteiger partial charge in [0.2, 0.25) is 53.2 Å². The van der Waals surface area contributed by atoms with Gasteiger partial charge in [-0.2, -0.15) is 12.6 Å². The first-order valence-electron chi connectivity index (χ1n) is 27.3. The molecule has 1 aliphatic rings. The Morgan fingerprint density at radius 1 is 0.699 bits per heavy atom. The number of aliphatic carboxylic acids is 2.